The highest BCUT2D eigenvalue weighted by Crippen LogP contribution is 2.35. The zero-order valence-corrected chi connectivity index (χ0v) is 17.8. The number of nitrogens with two attached hydrogens (primary N) is 1. The van der Waals surface area contributed by atoms with Crippen molar-refractivity contribution in [3.05, 3.63) is 35.3 Å². The van der Waals surface area contributed by atoms with E-state index < -0.39 is 21.8 Å². The van der Waals surface area contributed by atoms with Crippen LogP contribution in [0.4, 0.5) is 14.9 Å². The number of rotatable bonds is 4. The van der Waals surface area contributed by atoms with Crippen LogP contribution in [0, 0.1) is 5.82 Å². The van der Waals surface area contributed by atoms with Gasteiger partial charge in [0.25, 0.3) is 0 Å². The zero-order valence-electron chi connectivity index (χ0n) is 16.9. The monoisotopic (exact) mass is 423 g/mol. The number of anilines is 1. The first-order valence-corrected chi connectivity index (χ1v) is 11.1. The Kier molecular flexibility index (Phi) is 5.95. The molecule has 3 N–H and O–H groups in total. The Bertz CT molecular complexity index is 1050. The smallest absolute Gasteiger partial charge is 0.354 e. The van der Waals surface area contributed by atoms with E-state index in [4.69, 9.17) is 9.88 Å². The number of carbonyl (C=O) groups is 1. The van der Waals surface area contributed by atoms with Crippen molar-refractivity contribution in [3.8, 4) is 5.88 Å². The average Bonchev–Trinajstić information content (AvgIpc) is 3.05. The summed E-state index contributed by atoms with van der Waals surface area (Å²) < 4.78 is 38.1. The Balaban J connectivity index is 2.00. The third-order valence-corrected chi connectivity index (χ3v) is 6.05. The number of hydrogen-bond acceptors (Lipinski definition) is 4. The van der Waals surface area contributed by atoms with Gasteiger partial charge in [0.05, 0.1) is 18.5 Å². The first kappa shape index (κ1) is 21.3. The van der Waals surface area contributed by atoms with Crippen molar-refractivity contribution >= 4 is 21.6 Å². The highest BCUT2D eigenvalue weighted by atomic mass is 32.2. The minimum absolute atomic E-state index is 0.0294. The summed E-state index contributed by atoms with van der Waals surface area (Å²) in [6.07, 6.45) is 2.08. The molecule has 10 heteroatoms. The number of aryl methyl sites for hydroxylation is 1. The van der Waals surface area contributed by atoms with Gasteiger partial charge in [-0.1, -0.05) is 33.8 Å². The maximum Gasteiger partial charge on any atom is 0.354 e. The molecule has 2 heterocycles. The van der Waals surface area contributed by atoms with Crippen molar-refractivity contribution in [2.45, 2.75) is 57.4 Å². The standard InChI is InChI=1S/C19H26FN5O3S/c1-11(2)13-6-7-14(20)16(12(3)4)17(13)23-19(26)24-29(21,27)15-10-22-25-8-5-9-28-18(15)25/h6-7,10-12H,5,8-9H2,1-4H3,(H3,21,23,24,26,27). The molecule has 0 radical (unpaired) electrons. The number of ether oxygens (including phenoxy) is 1. The summed E-state index contributed by atoms with van der Waals surface area (Å²) in [5.41, 5.74) is 1.47. The maximum absolute atomic E-state index is 14.5. The second-order valence-corrected chi connectivity index (χ2v) is 9.32. The Morgan fingerprint density at radius 2 is 2.07 bits per heavy atom. The lowest BCUT2D eigenvalue weighted by Crippen LogP contribution is -2.21. The number of amides is 2. The van der Waals surface area contributed by atoms with Crippen LogP contribution in [-0.2, 0) is 16.5 Å². The van der Waals surface area contributed by atoms with E-state index in [1.807, 2.05) is 27.7 Å². The summed E-state index contributed by atoms with van der Waals surface area (Å²) in [6.45, 7) is 8.59. The van der Waals surface area contributed by atoms with Crippen LogP contribution in [0.25, 0.3) is 0 Å². The topological polar surface area (TPSA) is 112 Å². The van der Waals surface area contributed by atoms with E-state index in [0.29, 0.717) is 24.4 Å². The van der Waals surface area contributed by atoms with Crippen molar-refractivity contribution in [1.29, 1.82) is 0 Å². The van der Waals surface area contributed by atoms with Gasteiger partial charge >= 0.3 is 6.03 Å². The minimum Gasteiger partial charge on any atom is -0.477 e. The first-order chi connectivity index (χ1) is 13.6. The zero-order chi connectivity index (χ0) is 21.3. The Morgan fingerprint density at radius 1 is 1.34 bits per heavy atom. The van der Waals surface area contributed by atoms with E-state index in [1.165, 1.54) is 12.3 Å². The Labute approximate surface area is 169 Å². The number of benzene rings is 1. The number of nitrogens with zero attached hydrogens (tertiary/aromatic N) is 3. The highest BCUT2D eigenvalue weighted by molar-refractivity contribution is 7.91. The second kappa shape index (κ2) is 8.11. The molecule has 1 aliphatic heterocycles. The Morgan fingerprint density at radius 3 is 2.72 bits per heavy atom. The molecule has 0 saturated carbocycles. The molecule has 0 aliphatic carbocycles. The molecular formula is C19H26FN5O3S. The van der Waals surface area contributed by atoms with E-state index in [9.17, 15) is 13.4 Å². The Hall–Kier alpha value is -2.46. The van der Waals surface area contributed by atoms with Crippen LogP contribution < -0.4 is 15.2 Å². The molecule has 1 aliphatic rings. The molecule has 3 rings (SSSR count). The largest absolute Gasteiger partial charge is 0.477 e. The van der Waals surface area contributed by atoms with Crippen molar-refractivity contribution < 1.29 is 18.1 Å². The summed E-state index contributed by atoms with van der Waals surface area (Å²) in [7, 11) is -3.59. The fraction of sp³-hybridized carbons (Fsp3) is 0.474. The van der Waals surface area contributed by atoms with Crippen LogP contribution in [0.2, 0.25) is 0 Å². The third-order valence-electron chi connectivity index (χ3n) is 4.70. The van der Waals surface area contributed by atoms with Crippen LogP contribution >= 0.6 is 0 Å². The van der Waals surface area contributed by atoms with Gasteiger partial charge in [0.2, 0.25) is 5.88 Å². The fourth-order valence-corrected chi connectivity index (χ4v) is 4.35. The van der Waals surface area contributed by atoms with Crippen molar-refractivity contribution in [1.82, 2.24) is 9.78 Å². The molecule has 0 saturated heterocycles. The molecule has 2 amide bonds. The normalized spacial score (nSPS) is 15.6. The molecule has 158 valence electrons. The van der Waals surface area contributed by atoms with E-state index in [0.717, 1.165) is 12.0 Å². The number of aromatic nitrogens is 2. The van der Waals surface area contributed by atoms with Gasteiger partial charge < -0.3 is 10.1 Å². The molecule has 1 aromatic carbocycles. The van der Waals surface area contributed by atoms with Gasteiger partial charge in [-0.05, 0) is 23.5 Å². The van der Waals surface area contributed by atoms with Crippen molar-refractivity contribution in [2.75, 3.05) is 11.9 Å². The molecular weight excluding hydrogens is 397 g/mol. The van der Waals surface area contributed by atoms with Crippen molar-refractivity contribution in [2.24, 2.45) is 9.50 Å². The van der Waals surface area contributed by atoms with Gasteiger partial charge in [-0.2, -0.15) is 5.10 Å². The molecule has 1 aromatic heterocycles. The van der Waals surface area contributed by atoms with Crippen LogP contribution in [0.15, 0.2) is 27.6 Å². The van der Waals surface area contributed by atoms with Crippen molar-refractivity contribution in [3.63, 3.8) is 0 Å². The summed E-state index contributed by atoms with van der Waals surface area (Å²) in [4.78, 5) is 12.7. The second-order valence-electron chi connectivity index (χ2n) is 7.56. The highest BCUT2D eigenvalue weighted by Gasteiger charge is 2.25. The number of hydrogen-bond donors (Lipinski definition) is 2. The fourth-order valence-electron chi connectivity index (χ4n) is 3.34. The number of fused-ring (bicyclic) bond motifs is 1. The number of urea groups is 1. The lowest BCUT2D eigenvalue weighted by molar-refractivity contribution is 0.224. The minimum atomic E-state index is -3.59. The lowest BCUT2D eigenvalue weighted by atomic mass is 9.92. The molecule has 2 aromatic rings. The van der Waals surface area contributed by atoms with Gasteiger partial charge in [-0.15, -0.1) is 4.36 Å². The summed E-state index contributed by atoms with van der Waals surface area (Å²) in [5, 5.41) is 12.6. The van der Waals surface area contributed by atoms with E-state index in [2.05, 4.69) is 14.8 Å². The third kappa shape index (κ3) is 4.27. The van der Waals surface area contributed by atoms with Crippen LogP contribution in [0.5, 0.6) is 5.88 Å². The number of nitrogens with one attached hydrogen (secondary N) is 1. The van der Waals surface area contributed by atoms with Gasteiger partial charge in [-0.25, -0.2) is 23.2 Å². The maximum atomic E-state index is 14.5. The summed E-state index contributed by atoms with van der Waals surface area (Å²) in [5.74, 6) is -0.312. The average molecular weight is 424 g/mol. The van der Waals surface area contributed by atoms with E-state index in [-0.39, 0.29) is 22.6 Å². The summed E-state index contributed by atoms with van der Waals surface area (Å²) in [6, 6.07) is 2.10. The quantitative estimate of drug-likeness (QED) is 0.774. The van der Waals surface area contributed by atoms with E-state index in [1.54, 1.807) is 10.7 Å². The molecule has 1 unspecified atom stereocenters. The number of carbonyl (C=O) groups excluding carboxylic acids is 1. The number of halogens is 1. The SMILES string of the molecule is CC(C)c1ccc(F)c(C(C)C)c1NC(=O)N=S(N)(=O)c1cnn2c1OCCC2. The molecule has 1 atom stereocenters. The van der Waals surface area contributed by atoms with Crippen LogP contribution in [0.1, 0.15) is 57.1 Å². The summed E-state index contributed by atoms with van der Waals surface area (Å²) >= 11 is 0. The van der Waals surface area contributed by atoms with Gasteiger partial charge in [0, 0.05) is 18.5 Å². The first-order valence-electron chi connectivity index (χ1n) is 9.48. The van der Waals surface area contributed by atoms with E-state index >= 15 is 0 Å². The molecule has 0 fully saturated rings. The van der Waals surface area contributed by atoms with Gasteiger partial charge in [0.15, 0.2) is 9.92 Å². The molecule has 0 bridgehead atoms. The van der Waals surface area contributed by atoms with Crippen LogP contribution in [-0.4, -0.2) is 26.6 Å². The van der Waals surface area contributed by atoms with Gasteiger partial charge in [-0.3, -0.25) is 0 Å². The van der Waals surface area contributed by atoms with Gasteiger partial charge in [0.1, 0.15) is 10.7 Å². The molecule has 8 nitrogen and oxygen atoms in total. The predicted molar refractivity (Wildman–Crippen MR) is 109 cm³/mol. The molecule has 29 heavy (non-hydrogen) atoms. The lowest BCUT2D eigenvalue weighted by Gasteiger charge is -2.20. The molecule has 0 spiro atoms. The predicted octanol–water partition coefficient (Wildman–Crippen LogP) is 3.98. The van der Waals surface area contributed by atoms with Crippen LogP contribution in [0.3, 0.4) is 0 Å².